The first kappa shape index (κ1) is 29.4. The smallest absolute Gasteiger partial charge is 0.393 e. The first-order valence-electron chi connectivity index (χ1n) is 13.2. The molecule has 2 aromatic heterocycles. The van der Waals surface area contributed by atoms with E-state index in [2.05, 4.69) is 52.9 Å². The normalized spacial score (nSPS) is 18.0. The van der Waals surface area contributed by atoms with Gasteiger partial charge in [0.2, 0.25) is 0 Å². The van der Waals surface area contributed by atoms with Gasteiger partial charge in [0.25, 0.3) is 0 Å². The molecule has 0 unspecified atom stereocenters. The lowest BCUT2D eigenvalue weighted by Gasteiger charge is -2.33. The summed E-state index contributed by atoms with van der Waals surface area (Å²) >= 11 is 1.22. The second kappa shape index (κ2) is 12.4. The zero-order valence-corrected chi connectivity index (χ0v) is 24.7. The molecular formula is C30H31F4N4OPS. The number of anilines is 2. The zero-order chi connectivity index (χ0) is 29.1. The third-order valence-corrected chi connectivity index (χ3v) is 9.57. The van der Waals surface area contributed by atoms with Gasteiger partial charge in [-0.2, -0.15) is 13.2 Å². The highest BCUT2D eigenvalue weighted by molar-refractivity contribution is 7.64. The highest BCUT2D eigenvalue weighted by Crippen LogP contribution is 2.39. The molecule has 1 aliphatic heterocycles. The SMILES string of the molecule is CN1CC[C@@H](Nc2cccc3c(CC(F)(F)F)c(C#CCNc4ccc(P(C)C)cc4-c4cnco4)sc23)[C@@H](F)C1. The Morgan fingerprint density at radius 3 is 2.73 bits per heavy atom. The molecule has 2 aromatic carbocycles. The first-order chi connectivity index (χ1) is 19.6. The average Bonchev–Trinajstić information content (AvgIpc) is 3.57. The van der Waals surface area contributed by atoms with Crippen molar-refractivity contribution in [3.63, 3.8) is 0 Å². The summed E-state index contributed by atoms with van der Waals surface area (Å²) in [5, 5.41) is 8.26. The number of likely N-dealkylation sites (tertiary alicyclic amines) is 1. The maximum atomic E-state index is 14.7. The minimum atomic E-state index is -4.39. The van der Waals surface area contributed by atoms with Gasteiger partial charge in [-0.3, -0.25) is 0 Å². The van der Waals surface area contributed by atoms with E-state index in [0.717, 1.165) is 17.8 Å². The number of nitrogens with zero attached hydrogens (tertiary/aromatic N) is 2. The van der Waals surface area contributed by atoms with Gasteiger partial charge in [0.15, 0.2) is 12.2 Å². The highest BCUT2D eigenvalue weighted by atomic mass is 32.1. The maximum absolute atomic E-state index is 14.7. The molecule has 3 heterocycles. The summed E-state index contributed by atoms with van der Waals surface area (Å²) < 4.78 is 61.8. The van der Waals surface area contributed by atoms with E-state index in [-0.39, 0.29) is 20.0 Å². The fourth-order valence-electron chi connectivity index (χ4n) is 4.96. The average molecular weight is 603 g/mol. The van der Waals surface area contributed by atoms with Crippen LogP contribution in [0.1, 0.15) is 16.9 Å². The molecule has 11 heteroatoms. The number of hydrogen-bond donors (Lipinski definition) is 2. The lowest BCUT2D eigenvalue weighted by molar-refractivity contribution is -0.126. The van der Waals surface area contributed by atoms with E-state index in [9.17, 15) is 17.6 Å². The molecule has 0 saturated carbocycles. The molecule has 41 heavy (non-hydrogen) atoms. The van der Waals surface area contributed by atoms with Crippen molar-refractivity contribution in [3.05, 3.63) is 59.4 Å². The van der Waals surface area contributed by atoms with E-state index in [1.54, 1.807) is 24.4 Å². The van der Waals surface area contributed by atoms with Crippen LogP contribution >= 0.6 is 19.3 Å². The van der Waals surface area contributed by atoms with Crippen LogP contribution in [0.4, 0.5) is 28.9 Å². The lowest BCUT2D eigenvalue weighted by Crippen LogP contribution is -2.46. The number of benzene rings is 2. The summed E-state index contributed by atoms with van der Waals surface area (Å²) in [5.74, 6) is 6.63. The standard InChI is InChI=1S/C30H31F4N4OPS/c1-38-13-11-25(23(31)17-38)37-26-7-4-6-20-22(15-30(32,33)34)28(41-29(20)26)8-5-12-36-24-10-9-19(40(2)3)14-21(24)27-16-35-18-39-27/h4,6-7,9-10,14,16,18,23,25,36-37H,11-13,15,17H2,1-3H3/t23-,25+/m0/s1. The van der Waals surface area contributed by atoms with Crippen LogP contribution in [0, 0.1) is 11.8 Å². The van der Waals surface area contributed by atoms with Gasteiger partial charge in [-0.25, -0.2) is 9.37 Å². The highest BCUT2D eigenvalue weighted by Gasteiger charge is 2.32. The summed E-state index contributed by atoms with van der Waals surface area (Å²) in [6.45, 7) is 5.63. The van der Waals surface area contributed by atoms with Crippen LogP contribution in [0.2, 0.25) is 0 Å². The number of piperidine rings is 1. The van der Waals surface area contributed by atoms with Crippen molar-refractivity contribution in [1.82, 2.24) is 9.88 Å². The van der Waals surface area contributed by atoms with Crippen LogP contribution in [0.5, 0.6) is 0 Å². The number of thiophene rings is 1. The lowest BCUT2D eigenvalue weighted by atomic mass is 10.0. The van der Waals surface area contributed by atoms with Crippen molar-refractivity contribution in [2.24, 2.45) is 0 Å². The number of oxazole rings is 1. The molecule has 2 N–H and O–H groups in total. The number of hydrogen-bond acceptors (Lipinski definition) is 6. The van der Waals surface area contributed by atoms with Crippen LogP contribution in [-0.2, 0) is 6.42 Å². The predicted octanol–water partition coefficient (Wildman–Crippen LogP) is 6.95. The van der Waals surface area contributed by atoms with E-state index in [1.807, 2.05) is 18.0 Å². The summed E-state index contributed by atoms with van der Waals surface area (Å²) in [6.07, 6.45) is -2.91. The van der Waals surface area contributed by atoms with Crippen LogP contribution in [0.15, 0.2) is 53.4 Å². The molecule has 216 valence electrons. The van der Waals surface area contributed by atoms with Crippen LogP contribution in [0.3, 0.4) is 0 Å². The van der Waals surface area contributed by atoms with E-state index in [4.69, 9.17) is 4.42 Å². The van der Waals surface area contributed by atoms with Crippen molar-refractivity contribution in [3.8, 4) is 23.2 Å². The first-order valence-corrected chi connectivity index (χ1v) is 16.3. The molecule has 5 rings (SSSR count). The Hall–Kier alpha value is -3.12. The summed E-state index contributed by atoms with van der Waals surface area (Å²) in [4.78, 5) is 6.32. The van der Waals surface area contributed by atoms with Crippen LogP contribution in [0.25, 0.3) is 21.4 Å². The van der Waals surface area contributed by atoms with Crippen molar-refractivity contribution in [2.75, 3.05) is 50.6 Å². The minimum absolute atomic E-state index is 0.153. The number of nitrogens with one attached hydrogen (secondary N) is 2. The van der Waals surface area contributed by atoms with Gasteiger partial charge in [0.1, 0.15) is 6.17 Å². The molecular weight excluding hydrogens is 571 g/mol. The molecule has 2 atom stereocenters. The second-order valence-electron chi connectivity index (χ2n) is 10.3. The molecule has 0 radical (unpaired) electrons. The maximum Gasteiger partial charge on any atom is 0.393 e. The molecule has 0 spiro atoms. The Balaban J connectivity index is 1.42. The van der Waals surface area contributed by atoms with E-state index >= 15 is 0 Å². The molecule has 1 aliphatic rings. The fraction of sp³-hybridized carbons (Fsp3) is 0.367. The summed E-state index contributed by atoms with van der Waals surface area (Å²) in [7, 11) is 1.56. The zero-order valence-electron chi connectivity index (χ0n) is 23.0. The van der Waals surface area contributed by atoms with Crippen molar-refractivity contribution in [1.29, 1.82) is 0 Å². The Morgan fingerprint density at radius 2 is 2.02 bits per heavy atom. The number of aromatic nitrogens is 1. The Kier molecular flexibility index (Phi) is 8.88. The molecule has 4 aromatic rings. The van der Waals surface area contributed by atoms with E-state index in [0.29, 0.717) is 39.4 Å². The van der Waals surface area contributed by atoms with E-state index < -0.39 is 24.8 Å². The predicted molar refractivity (Wildman–Crippen MR) is 162 cm³/mol. The monoisotopic (exact) mass is 602 g/mol. The molecule has 1 saturated heterocycles. The van der Waals surface area contributed by atoms with Crippen LogP contribution in [-0.4, -0.2) is 68.3 Å². The molecule has 1 fully saturated rings. The van der Waals surface area contributed by atoms with Crippen molar-refractivity contribution in [2.45, 2.75) is 31.2 Å². The number of rotatable bonds is 7. The fourth-order valence-corrected chi connectivity index (χ4v) is 6.89. The molecule has 0 aliphatic carbocycles. The number of alkyl halides is 4. The van der Waals surface area contributed by atoms with Gasteiger partial charge < -0.3 is 20.0 Å². The third-order valence-electron chi connectivity index (χ3n) is 7.07. The number of fused-ring (bicyclic) bond motifs is 1. The molecule has 0 amide bonds. The number of halogens is 4. The topological polar surface area (TPSA) is 53.3 Å². The largest absolute Gasteiger partial charge is 0.443 e. The van der Waals surface area contributed by atoms with E-state index in [1.165, 1.54) is 23.0 Å². The van der Waals surface area contributed by atoms with Gasteiger partial charge in [0.05, 0.1) is 40.5 Å². The van der Waals surface area contributed by atoms with Gasteiger partial charge in [0, 0.05) is 24.3 Å². The third kappa shape index (κ3) is 7.03. The second-order valence-corrected chi connectivity index (χ2v) is 13.7. The Bertz CT molecular complexity index is 1560. The molecule has 0 bridgehead atoms. The quantitative estimate of drug-likeness (QED) is 0.136. The van der Waals surface area contributed by atoms with Gasteiger partial charge >= 0.3 is 6.18 Å². The van der Waals surface area contributed by atoms with Gasteiger partial charge in [-0.1, -0.05) is 38.0 Å². The Morgan fingerprint density at radius 1 is 1.20 bits per heavy atom. The minimum Gasteiger partial charge on any atom is -0.443 e. The van der Waals surface area contributed by atoms with Crippen molar-refractivity contribution >= 4 is 46.0 Å². The Labute approximate surface area is 242 Å². The van der Waals surface area contributed by atoms with Gasteiger partial charge in [-0.05, 0) is 61.3 Å². The van der Waals surface area contributed by atoms with Crippen molar-refractivity contribution < 1.29 is 22.0 Å². The summed E-state index contributed by atoms with van der Waals surface area (Å²) in [5.41, 5.74) is 2.45. The van der Waals surface area contributed by atoms with Gasteiger partial charge in [-0.15, -0.1) is 11.3 Å². The summed E-state index contributed by atoms with van der Waals surface area (Å²) in [6, 6.07) is 10.9. The van der Waals surface area contributed by atoms with Crippen LogP contribution < -0.4 is 15.9 Å². The molecule has 5 nitrogen and oxygen atoms in total.